The van der Waals surface area contributed by atoms with Gasteiger partial charge in [-0.3, -0.25) is 14.8 Å². The molecular weight excluding hydrogens is 538 g/mol. The van der Waals surface area contributed by atoms with Gasteiger partial charge in [-0.05, 0) is 72.7 Å². The molecule has 0 atom stereocenters. The molecule has 10 heteroatoms. The normalized spacial score (nSPS) is 11.1. The van der Waals surface area contributed by atoms with Crippen molar-refractivity contribution in [2.75, 3.05) is 16.6 Å². The fraction of sp³-hybridized carbons (Fsp3) is 0.167. The standard InChI is InChI=1S/C24H24BrN3O4S2/c1-16(2)15-32-22-13-8-17(25)14-21(22)23(29)27-24(33)26-18-9-11-20(12-10-18)34(30,31)28-19-6-4-3-5-7-19/h3-14,16,28H,15H2,1-2H3,(H2,26,27,29,33). The van der Waals surface area contributed by atoms with Crippen molar-refractivity contribution in [3.05, 3.63) is 82.8 Å². The number of halogens is 1. The smallest absolute Gasteiger partial charge is 0.261 e. The van der Waals surface area contributed by atoms with Gasteiger partial charge < -0.3 is 10.1 Å². The summed E-state index contributed by atoms with van der Waals surface area (Å²) in [7, 11) is -3.73. The average molecular weight is 563 g/mol. The van der Waals surface area contributed by atoms with Crippen LogP contribution in [0.15, 0.2) is 82.2 Å². The molecule has 0 aliphatic carbocycles. The highest BCUT2D eigenvalue weighted by Gasteiger charge is 2.17. The van der Waals surface area contributed by atoms with Crippen LogP contribution < -0.4 is 20.1 Å². The molecule has 0 fully saturated rings. The van der Waals surface area contributed by atoms with Crippen LogP contribution in [0.25, 0.3) is 0 Å². The second-order valence-electron chi connectivity index (χ2n) is 7.75. The third kappa shape index (κ3) is 7.28. The van der Waals surface area contributed by atoms with Gasteiger partial charge >= 0.3 is 0 Å². The quantitative estimate of drug-likeness (QED) is 0.318. The summed E-state index contributed by atoms with van der Waals surface area (Å²) < 4.78 is 34.1. The number of carbonyl (C=O) groups is 1. The van der Waals surface area contributed by atoms with Crippen LogP contribution in [-0.2, 0) is 10.0 Å². The topological polar surface area (TPSA) is 96.5 Å². The number of anilines is 2. The molecule has 0 bridgehead atoms. The van der Waals surface area contributed by atoms with Gasteiger partial charge in [-0.15, -0.1) is 0 Å². The Bertz CT molecular complexity index is 1270. The van der Waals surface area contributed by atoms with E-state index < -0.39 is 15.9 Å². The molecule has 0 aromatic heterocycles. The van der Waals surface area contributed by atoms with Gasteiger partial charge in [-0.1, -0.05) is 48.0 Å². The zero-order valence-electron chi connectivity index (χ0n) is 18.5. The Kier molecular flexibility index (Phi) is 8.65. The minimum absolute atomic E-state index is 0.0674. The fourth-order valence-corrected chi connectivity index (χ4v) is 4.46. The lowest BCUT2D eigenvalue weighted by Gasteiger charge is -2.15. The van der Waals surface area contributed by atoms with Crippen molar-refractivity contribution in [2.45, 2.75) is 18.7 Å². The summed E-state index contributed by atoms with van der Waals surface area (Å²) >= 11 is 8.63. The number of carbonyl (C=O) groups excluding carboxylic acids is 1. The van der Waals surface area contributed by atoms with Crippen LogP contribution in [0.1, 0.15) is 24.2 Å². The maximum atomic E-state index is 12.8. The molecule has 0 spiro atoms. The Morgan fingerprint density at radius 1 is 1.00 bits per heavy atom. The molecule has 0 saturated heterocycles. The number of hydrogen-bond acceptors (Lipinski definition) is 5. The molecule has 178 valence electrons. The first-order chi connectivity index (χ1) is 16.1. The van der Waals surface area contributed by atoms with Crippen LogP contribution in [0.2, 0.25) is 0 Å². The molecule has 3 N–H and O–H groups in total. The van der Waals surface area contributed by atoms with Crippen LogP contribution in [0.5, 0.6) is 5.75 Å². The second kappa shape index (κ2) is 11.5. The molecule has 3 aromatic rings. The van der Waals surface area contributed by atoms with Crippen molar-refractivity contribution < 1.29 is 17.9 Å². The number of thiocarbonyl (C=S) groups is 1. The van der Waals surface area contributed by atoms with Gasteiger partial charge in [0.2, 0.25) is 0 Å². The molecule has 0 radical (unpaired) electrons. The van der Waals surface area contributed by atoms with Crippen molar-refractivity contribution in [2.24, 2.45) is 5.92 Å². The number of ether oxygens (including phenoxy) is 1. The highest BCUT2D eigenvalue weighted by Crippen LogP contribution is 2.24. The third-order valence-electron chi connectivity index (χ3n) is 4.43. The zero-order valence-corrected chi connectivity index (χ0v) is 21.8. The first-order valence-corrected chi connectivity index (χ1v) is 13.0. The minimum Gasteiger partial charge on any atom is -0.492 e. The molecule has 7 nitrogen and oxygen atoms in total. The number of amides is 1. The van der Waals surface area contributed by atoms with Gasteiger partial charge in [0.25, 0.3) is 15.9 Å². The molecule has 3 rings (SSSR count). The van der Waals surface area contributed by atoms with E-state index in [9.17, 15) is 13.2 Å². The van der Waals surface area contributed by atoms with E-state index in [1.54, 1.807) is 60.7 Å². The van der Waals surface area contributed by atoms with Crippen LogP contribution >= 0.6 is 28.1 Å². The monoisotopic (exact) mass is 561 g/mol. The van der Waals surface area contributed by atoms with Crippen molar-refractivity contribution in [3.63, 3.8) is 0 Å². The van der Waals surface area contributed by atoms with Gasteiger partial charge in [-0.25, -0.2) is 8.42 Å². The number of rotatable bonds is 8. The molecule has 0 aliphatic rings. The Morgan fingerprint density at radius 3 is 2.32 bits per heavy atom. The maximum absolute atomic E-state index is 12.8. The lowest BCUT2D eigenvalue weighted by Crippen LogP contribution is -2.34. The highest BCUT2D eigenvalue weighted by atomic mass is 79.9. The van der Waals surface area contributed by atoms with Gasteiger partial charge in [0, 0.05) is 15.8 Å². The number of sulfonamides is 1. The van der Waals surface area contributed by atoms with Crippen LogP contribution in [0.4, 0.5) is 11.4 Å². The summed E-state index contributed by atoms with van der Waals surface area (Å²) in [6, 6.07) is 19.8. The van der Waals surface area contributed by atoms with E-state index in [0.29, 0.717) is 35.2 Å². The number of nitrogens with one attached hydrogen (secondary N) is 3. The lowest BCUT2D eigenvalue weighted by molar-refractivity contribution is 0.0973. The summed E-state index contributed by atoms with van der Waals surface area (Å²) in [6.45, 7) is 4.51. The molecule has 34 heavy (non-hydrogen) atoms. The molecule has 0 heterocycles. The third-order valence-corrected chi connectivity index (χ3v) is 6.53. The van der Waals surface area contributed by atoms with E-state index in [-0.39, 0.29) is 10.0 Å². The van der Waals surface area contributed by atoms with Gasteiger partial charge in [0.05, 0.1) is 17.1 Å². The van der Waals surface area contributed by atoms with Gasteiger partial charge in [-0.2, -0.15) is 0 Å². The molecular formula is C24H24BrN3O4S2. The summed E-state index contributed by atoms with van der Waals surface area (Å²) in [4.78, 5) is 12.9. The number of hydrogen-bond donors (Lipinski definition) is 3. The highest BCUT2D eigenvalue weighted by molar-refractivity contribution is 9.10. The van der Waals surface area contributed by atoms with Crippen LogP contribution in [-0.4, -0.2) is 26.0 Å². The van der Waals surface area contributed by atoms with E-state index in [2.05, 4.69) is 31.3 Å². The van der Waals surface area contributed by atoms with Crippen LogP contribution in [0.3, 0.4) is 0 Å². The molecule has 0 unspecified atom stereocenters. The van der Waals surface area contributed by atoms with Gasteiger partial charge in [0.15, 0.2) is 5.11 Å². The molecule has 1 amide bonds. The van der Waals surface area contributed by atoms with Crippen molar-refractivity contribution in [1.29, 1.82) is 0 Å². The predicted octanol–water partition coefficient (Wildman–Crippen LogP) is 5.41. The van der Waals surface area contributed by atoms with Crippen molar-refractivity contribution >= 4 is 60.6 Å². The van der Waals surface area contributed by atoms with Crippen molar-refractivity contribution in [3.8, 4) is 5.75 Å². The Labute approximate surface area is 213 Å². The Hall–Kier alpha value is -2.95. The average Bonchev–Trinajstić information content (AvgIpc) is 2.78. The Balaban J connectivity index is 1.64. The maximum Gasteiger partial charge on any atom is 0.261 e. The zero-order chi connectivity index (χ0) is 24.7. The summed E-state index contributed by atoms with van der Waals surface area (Å²) in [6.07, 6.45) is 0. The number of benzene rings is 3. The van der Waals surface area contributed by atoms with Gasteiger partial charge in [0.1, 0.15) is 5.75 Å². The van der Waals surface area contributed by atoms with E-state index >= 15 is 0 Å². The minimum atomic E-state index is -3.73. The van der Waals surface area contributed by atoms with E-state index in [1.807, 2.05) is 13.8 Å². The SMILES string of the molecule is CC(C)COc1ccc(Br)cc1C(=O)NC(=S)Nc1ccc(S(=O)(=O)Nc2ccccc2)cc1. The number of para-hydroxylation sites is 1. The first-order valence-electron chi connectivity index (χ1n) is 10.4. The second-order valence-corrected chi connectivity index (χ2v) is 10.8. The van der Waals surface area contributed by atoms with Crippen LogP contribution in [0, 0.1) is 5.92 Å². The predicted molar refractivity (Wildman–Crippen MR) is 142 cm³/mol. The summed E-state index contributed by atoms with van der Waals surface area (Å²) in [5.74, 6) is 0.332. The summed E-state index contributed by atoms with van der Waals surface area (Å²) in [5.41, 5.74) is 1.33. The van der Waals surface area contributed by atoms with Crippen molar-refractivity contribution in [1.82, 2.24) is 5.32 Å². The molecule has 3 aromatic carbocycles. The Morgan fingerprint density at radius 2 is 1.68 bits per heavy atom. The largest absolute Gasteiger partial charge is 0.492 e. The first kappa shape index (κ1) is 25.7. The summed E-state index contributed by atoms with van der Waals surface area (Å²) in [5, 5.41) is 5.58. The molecule has 0 saturated carbocycles. The molecule has 0 aliphatic heterocycles. The van der Waals surface area contributed by atoms with E-state index in [4.69, 9.17) is 17.0 Å². The fourth-order valence-electron chi connectivity index (χ4n) is 2.83. The van der Waals surface area contributed by atoms with E-state index in [1.165, 1.54) is 12.1 Å². The van der Waals surface area contributed by atoms with E-state index in [0.717, 1.165) is 4.47 Å². The lowest BCUT2D eigenvalue weighted by atomic mass is 10.2.